The van der Waals surface area contributed by atoms with Crippen molar-refractivity contribution in [2.24, 2.45) is 71.0 Å². The van der Waals surface area contributed by atoms with Gasteiger partial charge in [0.15, 0.2) is 11.6 Å². The first-order valence-electron chi connectivity index (χ1n) is 52.7. The Bertz CT molecular complexity index is 4210. The van der Waals surface area contributed by atoms with Gasteiger partial charge in [0, 0.05) is 136 Å². The predicted octanol–water partition coefficient (Wildman–Crippen LogP) is 13.7. The molecule has 0 spiro atoms. The number of allylic oxidation sites excluding steroid dienone is 12. The molecule has 814 valence electrons. The molecule has 0 radical (unpaired) electrons. The molecule has 2 saturated carbocycles. The zero-order chi connectivity index (χ0) is 105. The second-order valence-corrected chi connectivity index (χ2v) is 42.1. The zero-order valence-corrected chi connectivity index (χ0v) is 88.6. The van der Waals surface area contributed by atoms with Gasteiger partial charge in [-0.25, -0.2) is 9.59 Å². The third-order valence-electron chi connectivity index (χ3n) is 30.6. The second-order valence-electron chi connectivity index (χ2n) is 42.1. The molecule has 2 amide bonds. The molecule has 0 aromatic carbocycles. The monoisotopic (exact) mass is 2020 g/mol. The number of hydrogen-bond donors (Lipinski definition) is 9. The van der Waals surface area contributed by atoms with Crippen LogP contribution in [-0.2, 0) is 95.3 Å². The van der Waals surface area contributed by atoms with Crippen LogP contribution in [0.1, 0.15) is 297 Å². The minimum Gasteiger partial charge on any atom is -0.460 e. The van der Waals surface area contributed by atoms with Crippen LogP contribution in [0.2, 0.25) is 0 Å². The lowest BCUT2D eigenvalue weighted by molar-refractivity contribution is -0.266. The smallest absolute Gasteiger partial charge is 0.329 e. The van der Waals surface area contributed by atoms with Crippen molar-refractivity contribution in [3.8, 4) is 0 Å². The lowest BCUT2D eigenvalue weighted by atomic mass is 9.78. The minimum absolute atomic E-state index is 0. The first-order valence-corrected chi connectivity index (χ1v) is 52.7. The molecule has 30 atom stereocenters. The zero-order valence-electron chi connectivity index (χ0n) is 88.6. The standard InChI is InChI=1S/C55H87NO14.C51H79NO13.C5H12O2.CH4/c1-34-18-12-10-13-19-35(2)46(68-27-17-11-16-26-57)32-42-23-21-40(7)55(65,70-42)52(62)53(63)56-25-15-14-20-43(56)54(64)69-47(37(4)30-41-22-24-44(58)48(31-41)66-8)33-45(59)36(3)29-39(6)50(61)51(67-9)49(60)38(5)28-34;1-30-16-12-11-13-17-31(2)42(61-8)28-38-21-19-36(7)51(60,65-38)48(57)49(58)52-23-15-14-18-39(52)50(59)64-43(33(4)26-37-20-22-40(53)44(27-37)62-9)29-41(54)32(3)25-35(6)46(56)47(63-10)45(55)34(5)24-30;6-4-2-1-3-5-7;/h10,12-13,18-19,29,34,36-38,40-44,46-48,50-51,57-58,61,65H,11,14-17,20-28,30-33H2,1-9H3;11-13,16-17,25,30,32-34,36-40,42-44,46-47,53,56,60H,14-15,18-24,26-29H2,1-10H3;6-7H,1-5H2;1H4/b13-10+,18-12+,35-19+,39-29+;13-11?,16-12+,31-17?,35-25+;;/t34-,36-,37-,38-,40-,41+,42+,43+,44-,46?,47+,48-,50-,51+,55-;30-,32-,33-,34-,36-,37+,38+,39+,40-,42+,43+,44-,46-,47+,51-;;/m11../s1. The number of Topliss-reactive ketones (excluding diaryl/α,β-unsaturated/α-hetero) is 6. The Morgan fingerprint density at radius 2 is 0.804 bits per heavy atom. The molecule has 31 nitrogen and oxygen atoms in total. The summed E-state index contributed by atoms with van der Waals surface area (Å²) in [6.07, 6.45) is 26.8. The number of piperidine rings is 2. The number of amides is 2. The van der Waals surface area contributed by atoms with Crippen molar-refractivity contribution in [1.82, 2.24) is 9.80 Å². The van der Waals surface area contributed by atoms with Gasteiger partial charge in [0.2, 0.25) is 11.6 Å². The average molecular weight is 2020 g/mol. The van der Waals surface area contributed by atoms with E-state index in [9.17, 15) is 83.7 Å². The van der Waals surface area contributed by atoms with E-state index in [1.807, 2.05) is 116 Å². The molecule has 143 heavy (non-hydrogen) atoms. The number of esters is 2. The molecule has 4 bridgehead atoms. The first-order chi connectivity index (χ1) is 67.4. The average Bonchev–Trinajstić information content (AvgIpc) is 0.780. The topological polar surface area (TPSA) is 452 Å². The van der Waals surface area contributed by atoms with Gasteiger partial charge in [0.1, 0.15) is 60.3 Å². The van der Waals surface area contributed by atoms with Crippen LogP contribution in [0.25, 0.3) is 0 Å². The van der Waals surface area contributed by atoms with Crippen LogP contribution in [0.3, 0.4) is 0 Å². The summed E-state index contributed by atoms with van der Waals surface area (Å²) in [6.45, 7) is 26.5. The normalized spacial score (nSPS) is 37.0. The minimum atomic E-state index is -2.46. The lowest BCUT2D eigenvalue weighted by Crippen LogP contribution is -2.61. The Labute approximate surface area is 852 Å². The van der Waals surface area contributed by atoms with Gasteiger partial charge in [-0.15, -0.1) is 0 Å². The van der Waals surface area contributed by atoms with Gasteiger partial charge in [-0.3, -0.25) is 38.4 Å². The fourth-order valence-electron chi connectivity index (χ4n) is 21.2. The quantitative estimate of drug-likeness (QED) is 0.0223. The summed E-state index contributed by atoms with van der Waals surface area (Å²) in [4.78, 5) is 144. The summed E-state index contributed by atoms with van der Waals surface area (Å²) in [5.74, 6) is -16.1. The largest absolute Gasteiger partial charge is 0.460 e. The molecule has 0 aromatic rings. The number of methoxy groups -OCH3 is 5. The van der Waals surface area contributed by atoms with Crippen LogP contribution in [0.15, 0.2) is 95.2 Å². The Balaban J connectivity index is 0.000000469. The number of cyclic esters (lactones) is 2. The third kappa shape index (κ3) is 38.3. The number of nitrogens with zero attached hydrogens (tertiary/aromatic N) is 2. The van der Waals surface area contributed by atoms with E-state index in [4.69, 9.17) is 57.6 Å². The van der Waals surface area contributed by atoms with E-state index in [1.165, 1.54) is 24.0 Å². The number of carbonyl (C=O) groups is 10. The second kappa shape index (κ2) is 63.9. The molecule has 8 rings (SSSR count). The van der Waals surface area contributed by atoms with E-state index in [1.54, 1.807) is 75.0 Å². The Hall–Kier alpha value is -6.86. The van der Waals surface area contributed by atoms with Crippen LogP contribution in [0, 0.1) is 71.0 Å². The molecule has 6 fully saturated rings. The molecular formula is C112H182N2O29. The van der Waals surface area contributed by atoms with Crippen molar-refractivity contribution < 1.29 is 141 Å². The third-order valence-corrected chi connectivity index (χ3v) is 30.6. The number of carbonyl (C=O) groups excluding carboxylic acids is 10. The van der Waals surface area contributed by atoms with E-state index in [-0.39, 0.29) is 137 Å². The SMILES string of the molecule is C.CO[C@@H]1C[C@H](C[C@@H](C)[C@@H]2CC(=O)[C@H](C)/C=C(\C)[C@@H](O)[C@@H](OC)C(=O)[C@H](C)C[C@H](C)/C=C/C=C/C=C(\C)C(OCCCCCO)C[C@@H]3CC[C@@H](C)[C@@](O)(O3)C(=O)C(=O)N3CCCC[C@H]3C(=O)O2)CC[C@H]1O.CO[C@H]1C[C@@H]2CC[C@@H](C)[C@@](O)(O2)C(=O)C(=O)N2CCCC[C@H]2C(=O)O[C@H]([C@H](C)C[C@@H]2CC[C@@H](O)[C@H](OC)C2)CC(=O)[C@H](C)/C=C(\C)[C@@H](O)[C@@H](OC)C(=O)[C@H](C)C[C@H](C)/C=C/C=CC=C1C.OCCCCCO. The summed E-state index contributed by atoms with van der Waals surface area (Å²) in [5, 5.41) is 93.7. The highest BCUT2D eigenvalue weighted by Gasteiger charge is 2.56. The molecule has 8 aliphatic rings. The van der Waals surface area contributed by atoms with Crippen molar-refractivity contribution in [2.75, 3.05) is 75.1 Å². The summed E-state index contributed by atoms with van der Waals surface area (Å²) in [6, 6.07) is -2.30. The van der Waals surface area contributed by atoms with Gasteiger partial charge in [-0.1, -0.05) is 150 Å². The van der Waals surface area contributed by atoms with E-state index in [2.05, 4.69) is 0 Å². The highest BCUT2D eigenvalue weighted by atomic mass is 16.6. The Kier molecular flexibility index (Phi) is 56.5. The number of ether oxygens (including phenoxy) is 10. The lowest BCUT2D eigenvalue weighted by Gasteiger charge is -2.43. The van der Waals surface area contributed by atoms with Gasteiger partial charge in [-0.05, 0) is 252 Å². The van der Waals surface area contributed by atoms with Gasteiger partial charge in [0.25, 0.3) is 23.4 Å². The molecule has 1 unspecified atom stereocenters. The summed E-state index contributed by atoms with van der Waals surface area (Å²) < 4.78 is 59.5. The first kappa shape index (κ1) is 127. The van der Waals surface area contributed by atoms with Gasteiger partial charge >= 0.3 is 11.9 Å². The van der Waals surface area contributed by atoms with Crippen LogP contribution in [0.5, 0.6) is 0 Å². The van der Waals surface area contributed by atoms with Crippen molar-refractivity contribution in [3.05, 3.63) is 95.2 Å². The highest BCUT2D eigenvalue weighted by Crippen LogP contribution is 2.42. The van der Waals surface area contributed by atoms with Crippen molar-refractivity contribution in [3.63, 3.8) is 0 Å². The van der Waals surface area contributed by atoms with Crippen molar-refractivity contribution >= 4 is 58.5 Å². The molecule has 2 aliphatic carbocycles. The number of ketones is 6. The summed E-state index contributed by atoms with van der Waals surface area (Å²) in [7, 11) is 7.46. The molecule has 0 aromatic heterocycles. The fraction of sp³-hybridized carbons (Fsp3) is 0.768. The van der Waals surface area contributed by atoms with Crippen LogP contribution in [-0.4, -0.2) is 298 Å². The fourth-order valence-corrected chi connectivity index (χ4v) is 21.2. The van der Waals surface area contributed by atoms with Crippen LogP contribution < -0.4 is 0 Å². The van der Waals surface area contributed by atoms with Crippen molar-refractivity contribution in [1.29, 1.82) is 0 Å². The van der Waals surface area contributed by atoms with Crippen LogP contribution in [0.4, 0.5) is 0 Å². The molecule has 31 heteroatoms. The number of hydrogen-bond acceptors (Lipinski definition) is 29. The Morgan fingerprint density at radius 3 is 1.17 bits per heavy atom. The maximum Gasteiger partial charge on any atom is 0.329 e. The molecule has 6 heterocycles. The highest BCUT2D eigenvalue weighted by molar-refractivity contribution is 6.39. The van der Waals surface area contributed by atoms with E-state index >= 15 is 0 Å². The van der Waals surface area contributed by atoms with Crippen LogP contribution >= 0.6 is 0 Å². The van der Waals surface area contributed by atoms with Gasteiger partial charge < -0.3 is 103 Å². The molecule has 9 N–H and O–H groups in total. The summed E-state index contributed by atoms with van der Waals surface area (Å²) in [5.41, 5.74) is 2.52. The maximum atomic E-state index is 14.5. The Morgan fingerprint density at radius 1 is 0.427 bits per heavy atom. The number of rotatable bonds is 21. The van der Waals surface area contributed by atoms with Gasteiger partial charge in [-0.2, -0.15) is 0 Å². The molecule has 4 saturated heterocycles. The molecule has 6 aliphatic heterocycles. The number of aliphatic hydroxyl groups excluding tert-OH is 7. The van der Waals surface area contributed by atoms with E-state index in [0.29, 0.717) is 146 Å². The van der Waals surface area contributed by atoms with E-state index in [0.717, 1.165) is 49.7 Å². The number of fused-ring (bicyclic) bond motifs is 6. The summed E-state index contributed by atoms with van der Waals surface area (Å²) >= 11 is 0. The number of aliphatic hydroxyl groups is 9. The number of unbranched alkanes of at least 4 members (excludes halogenated alkanes) is 4. The molecular weight excluding hydrogens is 1840 g/mol. The maximum absolute atomic E-state index is 14.5. The van der Waals surface area contributed by atoms with Gasteiger partial charge in [0.05, 0.1) is 48.8 Å². The predicted molar refractivity (Wildman–Crippen MR) is 545 cm³/mol. The van der Waals surface area contributed by atoms with E-state index < -0.39 is 168 Å². The van der Waals surface area contributed by atoms with Crippen molar-refractivity contribution in [2.45, 2.75) is 406 Å².